The van der Waals surface area contributed by atoms with Crippen LogP contribution in [0.2, 0.25) is 0 Å². The Kier molecular flexibility index (Phi) is 9.53. The van der Waals surface area contributed by atoms with Crippen LogP contribution in [0.3, 0.4) is 0 Å². The molecule has 0 aliphatic carbocycles. The number of nitrogens with one attached hydrogen (secondary N) is 2. The topological polar surface area (TPSA) is 135 Å². The van der Waals surface area contributed by atoms with Crippen molar-refractivity contribution in [2.45, 2.75) is 25.7 Å². The number of H-pyrrole nitrogens is 1. The monoisotopic (exact) mass is 597 g/mol. The molecule has 0 unspecified atom stereocenters. The Balaban J connectivity index is 1.13. The van der Waals surface area contributed by atoms with Gasteiger partial charge in [-0.3, -0.25) is 9.69 Å². The number of halogens is 1. The summed E-state index contributed by atoms with van der Waals surface area (Å²) in [6, 6.07) is 26.6. The summed E-state index contributed by atoms with van der Waals surface area (Å²) in [6.07, 6.45) is -1.31. The maximum absolute atomic E-state index is 13.7. The number of aliphatic hydroxyl groups excluding tert-OH is 1. The lowest BCUT2D eigenvalue weighted by Crippen LogP contribution is -2.28. The second-order valence-corrected chi connectivity index (χ2v) is 10.4. The van der Waals surface area contributed by atoms with Gasteiger partial charge in [-0.1, -0.05) is 48.5 Å². The lowest BCUT2D eigenvalue weighted by atomic mass is 10.0. The van der Waals surface area contributed by atoms with E-state index in [2.05, 4.69) is 10.3 Å². The van der Waals surface area contributed by atoms with Crippen LogP contribution in [0.1, 0.15) is 28.4 Å². The smallest absolute Gasteiger partial charge is 0.412 e. The molecule has 1 aromatic heterocycles. The highest BCUT2D eigenvalue weighted by atomic mass is 19.1. The summed E-state index contributed by atoms with van der Waals surface area (Å²) < 4.78 is 19.7. The standard InChI is InChI=1S/C34H32FN3O6/c35-25-7-3-8-26(18-25)38(34(42)43)20-23-5-2-9-27(17-23)44-21-24-6-1-4-22(16-24)14-15-36-19-31(40)28-10-12-30(39)33-29(28)11-13-32(41)37-33/h1-13,16-18,31,36,39-40H,14-15,19-21H2,(H,37,41)(H,42,43)/t31-/m0/s1. The fourth-order valence-electron chi connectivity index (χ4n) is 5.00. The third-order valence-corrected chi connectivity index (χ3v) is 7.18. The number of fused-ring (bicyclic) bond motifs is 1. The quantitative estimate of drug-likeness (QED) is 0.120. The van der Waals surface area contributed by atoms with E-state index >= 15 is 0 Å². The van der Waals surface area contributed by atoms with Crippen molar-refractivity contribution in [1.82, 2.24) is 10.3 Å². The zero-order chi connectivity index (χ0) is 31.1. The van der Waals surface area contributed by atoms with E-state index in [-0.39, 0.29) is 30.1 Å². The molecule has 10 heteroatoms. The van der Waals surface area contributed by atoms with Gasteiger partial charge >= 0.3 is 6.09 Å². The van der Waals surface area contributed by atoms with Gasteiger partial charge in [0, 0.05) is 18.0 Å². The molecule has 0 fully saturated rings. The highest BCUT2D eigenvalue weighted by Gasteiger charge is 2.16. The average Bonchev–Trinajstić information content (AvgIpc) is 3.01. The van der Waals surface area contributed by atoms with E-state index in [4.69, 9.17) is 4.74 Å². The number of nitrogens with zero attached hydrogens (tertiary/aromatic N) is 1. The van der Waals surface area contributed by atoms with Crippen molar-refractivity contribution in [3.8, 4) is 11.5 Å². The summed E-state index contributed by atoms with van der Waals surface area (Å²) in [6.45, 7) is 1.25. The Morgan fingerprint density at radius 3 is 2.52 bits per heavy atom. The molecule has 1 atom stereocenters. The van der Waals surface area contributed by atoms with Gasteiger partial charge in [-0.05, 0) is 77.7 Å². The molecule has 44 heavy (non-hydrogen) atoms. The highest BCUT2D eigenvalue weighted by molar-refractivity contribution is 5.87. The van der Waals surface area contributed by atoms with E-state index in [1.807, 2.05) is 24.3 Å². The number of amides is 1. The Morgan fingerprint density at radius 1 is 0.932 bits per heavy atom. The number of aromatic amines is 1. The predicted molar refractivity (Wildman–Crippen MR) is 166 cm³/mol. The van der Waals surface area contributed by atoms with E-state index < -0.39 is 18.0 Å². The van der Waals surface area contributed by atoms with E-state index in [0.29, 0.717) is 47.4 Å². The molecule has 5 aromatic rings. The van der Waals surface area contributed by atoms with Crippen LogP contribution in [0.4, 0.5) is 14.9 Å². The van der Waals surface area contributed by atoms with Crippen LogP contribution in [0, 0.1) is 5.82 Å². The van der Waals surface area contributed by atoms with Crippen molar-refractivity contribution in [3.63, 3.8) is 0 Å². The summed E-state index contributed by atoms with van der Waals surface area (Å²) in [5, 5.41) is 34.4. The van der Waals surface area contributed by atoms with Gasteiger partial charge in [0.05, 0.1) is 23.9 Å². The first-order valence-electron chi connectivity index (χ1n) is 14.1. The fraction of sp³-hybridized carbons (Fsp3) is 0.176. The maximum Gasteiger partial charge on any atom is 0.412 e. The fourth-order valence-corrected chi connectivity index (χ4v) is 5.00. The molecule has 0 spiro atoms. The number of aliphatic hydroxyl groups is 1. The van der Waals surface area contributed by atoms with Crippen molar-refractivity contribution in [1.29, 1.82) is 0 Å². The maximum atomic E-state index is 13.7. The second kappa shape index (κ2) is 13.9. The van der Waals surface area contributed by atoms with Gasteiger partial charge in [0.25, 0.3) is 0 Å². The first kappa shape index (κ1) is 30.3. The molecule has 4 aromatic carbocycles. The molecule has 0 bridgehead atoms. The van der Waals surface area contributed by atoms with Gasteiger partial charge in [-0.15, -0.1) is 0 Å². The molecule has 5 rings (SSSR count). The number of hydrogen-bond acceptors (Lipinski definition) is 6. The molecule has 1 heterocycles. The predicted octanol–water partition coefficient (Wildman–Crippen LogP) is 5.50. The molecular formula is C34H32FN3O6. The highest BCUT2D eigenvalue weighted by Crippen LogP contribution is 2.28. The molecule has 0 saturated carbocycles. The van der Waals surface area contributed by atoms with Crippen molar-refractivity contribution in [2.75, 3.05) is 18.0 Å². The number of aromatic nitrogens is 1. The number of hydrogen-bond donors (Lipinski definition) is 5. The van der Waals surface area contributed by atoms with Crippen LogP contribution in [0.15, 0.2) is 102 Å². The zero-order valence-corrected chi connectivity index (χ0v) is 23.7. The van der Waals surface area contributed by atoms with Crippen molar-refractivity contribution >= 4 is 22.7 Å². The Labute approximate surface area is 252 Å². The van der Waals surface area contributed by atoms with Crippen LogP contribution in [0.5, 0.6) is 11.5 Å². The number of benzene rings is 4. The lowest BCUT2D eigenvalue weighted by molar-refractivity contribution is 0.176. The van der Waals surface area contributed by atoms with E-state index in [0.717, 1.165) is 16.0 Å². The molecule has 0 saturated heterocycles. The minimum atomic E-state index is -1.19. The van der Waals surface area contributed by atoms with Crippen LogP contribution in [0.25, 0.3) is 10.9 Å². The van der Waals surface area contributed by atoms with Crippen LogP contribution >= 0.6 is 0 Å². The summed E-state index contributed by atoms with van der Waals surface area (Å²) >= 11 is 0. The third-order valence-electron chi connectivity index (χ3n) is 7.18. The number of ether oxygens (including phenoxy) is 1. The van der Waals surface area contributed by atoms with Crippen LogP contribution < -0.4 is 20.5 Å². The molecule has 1 amide bonds. The molecule has 0 aliphatic rings. The van der Waals surface area contributed by atoms with Gasteiger partial charge in [-0.2, -0.15) is 0 Å². The molecule has 0 aliphatic heterocycles. The number of carboxylic acid groups (broad SMARTS) is 1. The Bertz CT molecular complexity index is 1830. The molecule has 9 nitrogen and oxygen atoms in total. The number of aromatic hydroxyl groups is 1. The molecule has 226 valence electrons. The molecular weight excluding hydrogens is 565 g/mol. The summed E-state index contributed by atoms with van der Waals surface area (Å²) in [5.74, 6) is 0.0201. The van der Waals surface area contributed by atoms with E-state index in [1.165, 1.54) is 30.3 Å². The number of rotatable bonds is 12. The summed E-state index contributed by atoms with van der Waals surface area (Å²) in [4.78, 5) is 27.2. The first-order chi connectivity index (χ1) is 21.3. The molecule has 5 N–H and O–H groups in total. The van der Waals surface area contributed by atoms with Crippen molar-refractivity contribution in [2.24, 2.45) is 0 Å². The minimum absolute atomic E-state index is 0.0374. The minimum Gasteiger partial charge on any atom is -0.506 e. The van der Waals surface area contributed by atoms with Gasteiger partial charge in [0.2, 0.25) is 5.56 Å². The Morgan fingerprint density at radius 2 is 1.70 bits per heavy atom. The van der Waals surface area contributed by atoms with Gasteiger partial charge in [0.15, 0.2) is 0 Å². The van der Waals surface area contributed by atoms with E-state index in [9.17, 15) is 29.3 Å². The largest absolute Gasteiger partial charge is 0.506 e. The zero-order valence-electron chi connectivity index (χ0n) is 23.7. The number of phenolic OH excluding ortho intramolecular Hbond substituents is 1. The normalized spacial score (nSPS) is 11.8. The second-order valence-electron chi connectivity index (χ2n) is 10.4. The molecule has 0 radical (unpaired) electrons. The average molecular weight is 598 g/mol. The van der Waals surface area contributed by atoms with Gasteiger partial charge in [0.1, 0.15) is 23.9 Å². The van der Waals surface area contributed by atoms with Gasteiger partial charge < -0.3 is 30.4 Å². The van der Waals surface area contributed by atoms with Crippen LogP contribution in [-0.4, -0.2) is 39.5 Å². The number of pyridine rings is 1. The van der Waals surface area contributed by atoms with Crippen molar-refractivity contribution < 1.29 is 29.2 Å². The summed E-state index contributed by atoms with van der Waals surface area (Å²) in [7, 11) is 0. The number of carbonyl (C=O) groups is 1. The SMILES string of the molecule is O=C(O)N(Cc1cccc(OCc2cccc(CCNC[C@H](O)c3ccc(O)c4[nH]c(=O)ccc34)c2)c1)c1cccc(F)c1. The van der Waals surface area contributed by atoms with Crippen LogP contribution in [-0.2, 0) is 19.6 Å². The first-order valence-corrected chi connectivity index (χ1v) is 14.1. The summed E-state index contributed by atoms with van der Waals surface area (Å²) in [5.41, 5.74) is 3.57. The van der Waals surface area contributed by atoms with Gasteiger partial charge in [-0.25, -0.2) is 9.18 Å². The number of anilines is 1. The lowest BCUT2D eigenvalue weighted by Gasteiger charge is -2.20. The third kappa shape index (κ3) is 7.60. The van der Waals surface area contributed by atoms with Crippen molar-refractivity contribution in [3.05, 3.63) is 135 Å². The van der Waals surface area contributed by atoms with E-state index in [1.54, 1.807) is 42.5 Å². The number of phenols is 1. The Hall–Kier alpha value is -5.19.